The van der Waals surface area contributed by atoms with Crippen molar-refractivity contribution in [2.24, 2.45) is 28.2 Å². The predicted molar refractivity (Wildman–Crippen MR) is 461 cm³/mol. The summed E-state index contributed by atoms with van der Waals surface area (Å²) in [5, 5.41) is 4.10. The van der Waals surface area contributed by atoms with Gasteiger partial charge in [-0.2, -0.15) is 37.5 Å². The minimum Gasteiger partial charge on any atom is -0.437 e. The number of aryl methyl sites for hydroxylation is 11. The first-order valence-electron chi connectivity index (χ1n) is 39.5. The number of benzene rings is 8. The minimum absolute atomic E-state index is 0.0348. The molecule has 0 saturated carbocycles. The maximum absolute atomic E-state index is 15.0. The van der Waals surface area contributed by atoms with E-state index in [4.69, 9.17) is 17.7 Å². The van der Waals surface area contributed by atoms with Crippen molar-refractivity contribution in [2.45, 2.75) is 68.2 Å². The number of pyridine rings is 8. The van der Waals surface area contributed by atoms with Crippen LogP contribution in [-0.4, -0.2) is 19.9 Å². The van der Waals surface area contributed by atoms with Crippen LogP contribution in [0.4, 0.5) is 30.7 Å². The first-order chi connectivity index (χ1) is 58.2. The Bertz CT molecular complexity index is 7530. The lowest BCUT2D eigenvalue weighted by atomic mass is 9.96. The van der Waals surface area contributed by atoms with Crippen molar-refractivity contribution in [1.82, 2.24) is 19.9 Å². The van der Waals surface area contributed by atoms with Crippen molar-refractivity contribution in [3.8, 4) is 89.5 Å². The van der Waals surface area contributed by atoms with Crippen LogP contribution >= 0.6 is 0 Å². The Morgan fingerprint density at radius 1 is 0.273 bits per heavy atom. The summed E-state index contributed by atoms with van der Waals surface area (Å²) in [5.41, 5.74) is 26.7. The lowest BCUT2D eigenvalue weighted by Crippen LogP contribution is -2.31. The van der Waals surface area contributed by atoms with Crippen molar-refractivity contribution in [3.63, 3.8) is 0 Å². The first kappa shape index (κ1) is 79.2. The molecule has 0 unspecified atom stereocenters. The van der Waals surface area contributed by atoms with Gasteiger partial charge < -0.3 is 17.7 Å². The van der Waals surface area contributed by atoms with Crippen LogP contribution in [0, 0.1) is 89.7 Å². The largest absolute Gasteiger partial charge is 0.437 e. The standard InChI is InChI=1S/C27H23F2N2O.2C25H19F2N2O.C25H20FN2O/c1-15(2)17-5-7-18(8-6-17)19-11-12-31(4)22(14-19)24-16(3)13-21(28)25-20-9-10-23(29)30-27(20)32-26(24)25;1-14-11-19(26)23-17-9-10-21(27)28-25(17)30-24(23)22(14)20-12-18(15(2)13-29(20)3)16-7-5-4-6-8-16;1-14-9-10-17-23-19(26)12-21(27)28-25(23)30-24(17)22(14)20-11-18(15(2)13-29(20)3)16-7-5-4-6-8-16;1-15-9-10-18-19-11-12-22(26)27-25(19)29-24(18)23(15)21-13-20(16(2)14-28(21)3)17-7-5-4-6-8-17/h5-15H,1-4H3;2*4-13H,1-3H3;4-14H,1-3H3/q4*+1. The average Bonchev–Trinajstić information content (AvgIpc) is 1.60. The third-order valence-corrected chi connectivity index (χ3v) is 22.6. The lowest BCUT2D eigenvalue weighted by Gasteiger charge is -2.10. The quantitative estimate of drug-likeness (QED) is 0.0796. The molecule has 0 aliphatic heterocycles. The van der Waals surface area contributed by atoms with Crippen molar-refractivity contribution >= 4 is 88.3 Å². The van der Waals surface area contributed by atoms with Gasteiger partial charge in [-0.15, -0.1) is 0 Å². The van der Waals surface area contributed by atoms with Crippen LogP contribution in [0.3, 0.4) is 0 Å². The summed E-state index contributed by atoms with van der Waals surface area (Å²) < 4.78 is 131. The lowest BCUT2D eigenvalue weighted by molar-refractivity contribution is -0.660. The second-order valence-corrected chi connectivity index (χ2v) is 31.1. The Morgan fingerprint density at radius 2 is 0.628 bits per heavy atom. The SMILES string of the molecule is Cc1c[n+](C)c(-c2c(C)cc(F)c3c2oc2nc(F)ccc23)cc1-c1ccccc1.Cc1c[n+](C)c(-c2c(C)ccc3c2oc2nc(F)cc(F)c23)cc1-c1ccccc1.Cc1c[n+](C)c(-c2c(C)ccc3c2oc2nc(F)ccc23)cc1-c1ccccc1.Cc1cc(F)c2c(oc3nc(F)ccc32)c1-c1cc(-c2ccc(C(C)C)cc2)cc[n+]1C. The summed E-state index contributed by atoms with van der Waals surface area (Å²) in [4.78, 5) is 15.3. The number of furan rings is 4. The molecule has 0 atom stereocenters. The summed E-state index contributed by atoms with van der Waals surface area (Å²) in [5.74, 6) is -3.78. The van der Waals surface area contributed by atoms with Crippen molar-refractivity contribution in [1.29, 1.82) is 0 Å². The third-order valence-electron chi connectivity index (χ3n) is 22.6. The van der Waals surface area contributed by atoms with Crippen LogP contribution in [0.25, 0.3) is 178 Å². The molecule has 8 aromatic carbocycles. The molecular weight excluding hydrogens is 1530 g/mol. The van der Waals surface area contributed by atoms with E-state index in [1.165, 1.54) is 64.7 Å². The smallest absolute Gasteiger partial charge is 0.232 e. The Balaban J connectivity index is 0.000000115. The predicted octanol–water partition coefficient (Wildman–Crippen LogP) is 24.8. The molecule has 20 aromatic rings. The van der Waals surface area contributed by atoms with Crippen LogP contribution in [0.2, 0.25) is 0 Å². The molecule has 0 amide bonds. The van der Waals surface area contributed by atoms with Gasteiger partial charge in [-0.1, -0.05) is 153 Å². The van der Waals surface area contributed by atoms with Gasteiger partial charge in [0.2, 0.25) is 69.4 Å². The van der Waals surface area contributed by atoms with Gasteiger partial charge in [0.25, 0.3) is 0 Å². The monoisotopic (exact) mass is 1610 g/mol. The zero-order valence-electron chi connectivity index (χ0n) is 68.6. The molecule has 12 aromatic heterocycles. The highest BCUT2D eigenvalue weighted by atomic mass is 19.2. The number of aromatic nitrogens is 8. The zero-order chi connectivity index (χ0) is 84.7. The number of nitrogens with zero attached hydrogens (tertiary/aromatic N) is 8. The summed E-state index contributed by atoms with van der Waals surface area (Å²) in [6.07, 6.45) is 8.23. The second kappa shape index (κ2) is 31.8. The number of hydrogen-bond donors (Lipinski definition) is 0. The van der Waals surface area contributed by atoms with E-state index in [0.29, 0.717) is 55.3 Å². The van der Waals surface area contributed by atoms with E-state index in [1.807, 2.05) is 142 Å². The fourth-order valence-electron chi connectivity index (χ4n) is 16.6. The molecule has 0 spiro atoms. The van der Waals surface area contributed by atoms with E-state index in [0.717, 1.165) is 134 Å². The van der Waals surface area contributed by atoms with Crippen LogP contribution < -0.4 is 18.3 Å². The molecule has 0 saturated heterocycles. The van der Waals surface area contributed by atoms with Gasteiger partial charge in [0.1, 0.15) is 45.6 Å². The molecule has 20 rings (SSSR count). The van der Waals surface area contributed by atoms with E-state index >= 15 is 0 Å². The molecule has 19 heteroatoms. The van der Waals surface area contributed by atoms with Crippen LogP contribution in [0.15, 0.2) is 267 Å². The van der Waals surface area contributed by atoms with E-state index in [2.05, 4.69) is 176 Å². The highest BCUT2D eigenvalue weighted by Gasteiger charge is 2.31. The fourth-order valence-corrected chi connectivity index (χ4v) is 16.6. The third kappa shape index (κ3) is 14.7. The topological polar surface area (TPSA) is 120 Å². The number of fused-ring (bicyclic) bond motifs is 12. The van der Waals surface area contributed by atoms with Gasteiger partial charge >= 0.3 is 0 Å². The van der Waals surface area contributed by atoms with Gasteiger partial charge in [-0.3, -0.25) is 0 Å². The average molecular weight is 1620 g/mol. The van der Waals surface area contributed by atoms with Crippen molar-refractivity contribution in [2.75, 3.05) is 0 Å². The molecule has 0 fully saturated rings. The summed E-state index contributed by atoms with van der Waals surface area (Å²) >= 11 is 0. The summed E-state index contributed by atoms with van der Waals surface area (Å²) in [6, 6.07) is 69.9. The Morgan fingerprint density at radius 3 is 1.07 bits per heavy atom. The molecule has 598 valence electrons. The summed E-state index contributed by atoms with van der Waals surface area (Å²) in [6.45, 7) is 18.3. The second-order valence-electron chi connectivity index (χ2n) is 31.1. The van der Waals surface area contributed by atoms with E-state index < -0.39 is 41.2 Å². The molecule has 0 aliphatic rings. The molecule has 121 heavy (non-hydrogen) atoms. The Hall–Kier alpha value is -14.3. The van der Waals surface area contributed by atoms with Crippen LogP contribution in [0.5, 0.6) is 0 Å². The molecule has 12 nitrogen and oxygen atoms in total. The van der Waals surface area contributed by atoms with Crippen molar-refractivity contribution < 1.29 is 66.7 Å². The molecule has 0 aliphatic carbocycles. The van der Waals surface area contributed by atoms with Gasteiger partial charge in [0, 0.05) is 69.2 Å². The maximum atomic E-state index is 15.0. The zero-order valence-corrected chi connectivity index (χ0v) is 68.6. The molecule has 0 bridgehead atoms. The fraction of sp³-hybridized carbons (Fsp3) is 0.137. The number of rotatable bonds is 9. The van der Waals surface area contributed by atoms with E-state index in [9.17, 15) is 30.7 Å². The minimum atomic E-state index is -0.899. The highest BCUT2D eigenvalue weighted by Crippen LogP contribution is 2.45. The molecule has 0 radical (unpaired) electrons. The molecule has 0 N–H and O–H groups in total. The van der Waals surface area contributed by atoms with E-state index in [-0.39, 0.29) is 22.5 Å². The molecular formula is C102H81F7N8O4+4. The van der Waals surface area contributed by atoms with Gasteiger partial charge in [-0.25, -0.2) is 31.4 Å². The van der Waals surface area contributed by atoms with Gasteiger partial charge in [-0.05, 0) is 175 Å². The summed E-state index contributed by atoms with van der Waals surface area (Å²) in [7, 11) is 7.90. The van der Waals surface area contributed by atoms with Crippen molar-refractivity contribution in [3.05, 3.63) is 335 Å². The normalized spacial score (nSPS) is 11.5. The maximum Gasteiger partial charge on any atom is 0.232 e. The first-order valence-corrected chi connectivity index (χ1v) is 39.5. The van der Waals surface area contributed by atoms with Gasteiger partial charge in [0.15, 0.2) is 47.1 Å². The Labute approximate surface area is 692 Å². The van der Waals surface area contributed by atoms with Crippen LogP contribution in [-0.2, 0) is 28.2 Å². The number of hydrogen-bond acceptors (Lipinski definition) is 8. The number of halogens is 7. The highest BCUT2D eigenvalue weighted by molar-refractivity contribution is 6.12. The Kier molecular flexibility index (Phi) is 20.8. The molecule has 12 heterocycles. The van der Waals surface area contributed by atoms with Crippen LogP contribution in [0.1, 0.15) is 64.3 Å². The van der Waals surface area contributed by atoms with Gasteiger partial charge in [0.05, 0.1) is 49.2 Å². The van der Waals surface area contributed by atoms with E-state index in [1.54, 1.807) is 12.1 Å².